The molecule has 0 fully saturated rings. The van der Waals surface area contributed by atoms with E-state index in [1.54, 1.807) is 48.5 Å². The van der Waals surface area contributed by atoms with Crippen LogP contribution in [0.2, 0.25) is 10.0 Å². The lowest BCUT2D eigenvalue weighted by Crippen LogP contribution is -2.14. The Morgan fingerprint density at radius 3 is 2.34 bits per heavy atom. The van der Waals surface area contributed by atoms with Crippen molar-refractivity contribution < 1.29 is 14.3 Å². The fourth-order valence-corrected chi connectivity index (χ4v) is 4.33. The number of benzene rings is 4. The third-order valence-electron chi connectivity index (χ3n) is 5.05. The molecule has 4 rings (SSSR count). The van der Waals surface area contributed by atoms with E-state index in [2.05, 4.69) is 21.2 Å². The van der Waals surface area contributed by atoms with Crippen LogP contribution in [-0.4, -0.2) is 11.9 Å². The molecule has 1 N–H and O–H groups in total. The van der Waals surface area contributed by atoms with Gasteiger partial charge in [-0.3, -0.25) is 4.79 Å². The van der Waals surface area contributed by atoms with Gasteiger partial charge in [0.15, 0.2) is 0 Å². The molecule has 0 saturated heterocycles. The van der Waals surface area contributed by atoms with Crippen molar-refractivity contribution in [2.45, 2.75) is 0 Å². The summed E-state index contributed by atoms with van der Waals surface area (Å²) in [5, 5.41) is 14.3. The van der Waals surface area contributed by atoms with Gasteiger partial charge in [0.1, 0.15) is 17.4 Å². The van der Waals surface area contributed by atoms with Crippen LogP contribution in [0.1, 0.15) is 15.9 Å². The van der Waals surface area contributed by atoms with Crippen LogP contribution in [0.4, 0.5) is 5.69 Å². The minimum absolute atomic E-state index is 0.159. The van der Waals surface area contributed by atoms with Gasteiger partial charge in [0, 0.05) is 0 Å². The summed E-state index contributed by atoms with van der Waals surface area (Å²) in [7, 11) is 0. The predicted molar refractivity (Wildman–Crippen MR) is 142 cm³/mol. The van der Waals surface area contributed by atoms with Crippen molar-refractivity contribution in [1.29, 1.82) is 5.26 Å². The lowest BCUT2D eigenvalue weighted by atomic mass is 10.0. The number of anilines is 1. The third-order valence-corrected chi connectivity index (χ3v) is 6.30. The number of amides is 1. The Morgan fingerprint density at radius 2 is 1.63 bits per heavy atom. The second-order valence-corrected chi connectivity index (χ2v) is 9.00. The molecule has 0 unspecified atom stereocenters. The van der Waals surface area contributed by atoms with Crippen molar-refractivity contribution in [3.05, 3.63) is 110 Å². The average molecular weight is 566 g/mol. The van der Waals surface area contributed by atoms with Crippen molar-refractivity contribution in [3.8, 4) is 11.8 Å². The number of fused-ring (bicyclic) bond motifs is 1. The number of ether oxygens (including phenoxy) is 1. The molecule has 0 aromatic heterocycles. The highest BCUT2D eigenvalue weighted by molar-refractivity contribution is 9.10. The van der Waals surface area contributed by atoms with Crippen LogP contribution in [0, 0.1) is 11.3 Å². The molecule has 172 valence electrons. The molecular weight excluding hydrogens is 551 g/mol. The monoisotopic (exact) mass is 564 g/mol. The van der Waals surface area contributed by atoms with Crippen molar-refractivity contribution >= 4 is 73.5 Å². The molecule has 0 aliphatic rings. The van der Waals surface area contributed by atoms with E-state index in [0.717, 1.165) is 10.8 Å². The Balaban J connectivity index is 1.54. The summed E-state index contributed by atoms with van der Waals surface area (Å²) in [6, 6.07) is 24.5. The Hall–Kier alpha value is -3.63. The molecule has 0 saturated carbocycles. The first-order valence-corrected chi connectivity index (χ1v) is 11.8. The van der Waals surface area contributed by atoms with Gasteiger partial charge in [0.2, 0.25) is 0 Å². The minimum atomic E-state index is -0.662. The Labute approximate surface area is 219 Å². The van der Waals surface area contributed by atoms with E-state index in [1.165, 1.54) is 6.08 Å². The maximum Gasteiger partial charge on any atom is 0.344 e. The summed E-state index contributed by atoms with van der Waals surface area (Å²) in [5.74, 6) is -0.865. The number of para-hydroxylation sites is 1. The molecule has 5 nitrogen and oxygen atoms in total. The lowest BCUT2D eigenvalue weighted by Gasteiger charge is -2.10. The van der Waals surface area contributed by atoms with Gasteiger partial charge in [-0.25, -0.2) is 4.79 Å². The van der Waals surface area contributed by atoms with E-state index in [4.69, 9.17) is 27.9 Å². The average Bonchev–Trinajstić information content (AvgIpc) is 2.85. The van der Waals surface area contributed by atoms with Gasteiger partial charge < -0.3 is 10.1 Å². The SMILES string of the molecule is N#C/C(=C\c1ccc(OC(=O)c2cccc3ccccc23)c(Br)c1)C(=O)Nc1c(Cl)cccc1Cl. The standard InChI is InChI=1S/C27H15BrCl2N2O3/c28-21-14-16(13-18(15-31)26(33)32-25-22(29)9-4-10-23(25)30)11-12-24(21)35-27(34)20-8-3-6-17-5-1-2-7-19(17)20/h1-14H,(H,32,33)/b18-13+. The normalized spacial score (nSPS) is 11.1. The first kappa shape index (κ1) is 24.5. The number of carbonyl (C=O) groups excluding carboxylic acids is 2. The van der Waals surface area contributed by atoms with Crippen LogP contribution >= 0.6 is 39.1 Å². The molecule has 0 atom stereocenters. The molecule has 0 bridgehead atoms. The van der Waals surface area contributed by atoms with Crippen molar-refractivity contribution in [3.63, 3.8) is 0 Å². The summed E-state index contributed by atoms with van der Waals surface area (Å²) in [5.41, 5.74) is 1.05. The first-order chi connectivity index (χ1) is 16.9. The van der Waals surface area contributed by atoms with Crippen LogP contribution in [0.15, 0.2) is 88.9 Å². The van der Waals surface area contributed by atoms with Crippen molar-refractivity contribution in [2.75, 3.05) is 5.32 Å². The molecule has 0 aliphatic carbocycles. The Kier molecular flexibility index (Phi) is 7.52. The molecule has 0 spiro atoms. The summed E-state index contributed by atoms with van der Waals surface area (Å²) in [4.78, 5) is 25.4. The predicted octanol–water partition coefficient (Wildman–Crippen LogP) is 7.67. The van der Waals surface area contributed by atoms with Gasteiger partial charge in [-0.1, -0.05) is 71.7 Å². The minimum Gasteiger partial charge on any atom is -0.422 e. The van der Waals surface area contributed by atoms with E-state index in [9.17, 15) is 14.9 Å². The number of nitrogens with zero attached hydrogens (tertiary/aromatic N) is 1. The number of halogens is 3. The largest absolute Gasteiger partial charge is 0.422 e. The molecule has 1 amide bonds. The topological polar surface area (TPSA) is 79.2 Å². The number of rotatable bonds is 5. The van der Waals surface area contributed by atoms with E-state index >= 15 is 0 Å². The lowest BCUT2D eigenvalue weighted by molar-refractivity contribution is -0.112. The molecular formula is C27H15BrCl2N2O3. The smallest absolute Gasteiger partial charge is 0.344 e. The molecule has 8 heteroatoms. The summed E-state index contributed by atoms with van der Waals surface area (Å²) in [6.45, 7) is 0. The van der Waals surface area contributed by atoms with Gasteiger partial charge >= 0.3 is 5.97 Å². The zero-order chi connectivity index (χ0) is 24.9. The van der Waals surface area contributed by atoms with Crippen molar-refractivity contribution in [1.82, 2.24) is 0 Å². The number of hydrogen-bond donors (Lipinski definition) is 1. The number of hydrogen-bond acceptors (Lipinski definition) is 4. The molecule has 4 aromatic rings. The highest BCUT2D eigenvalue weighted by atomic mass is 79.9. The number of nitrogens with one attached hydrogen (secondary N) is 1. The quantitative estimate of drug-likeness (QED) is 0.116. The van der Waals surface area contributed by atoms with E-state index in [0.29, 0.717) is 21.3 Å². The number of nitriles is 1. The Morgan fingerprint density at radius 1 is 0.943 bits per heavy atom. The summed E-state index contributed by atoms with van der Waals surface area (Å²) < 4.78 is 6.08. The Bertz CT molecular complexity index is 1520. The first-order valence-electron chi connectivity index (χ1n) is 10.2. The van der Waals surface area contributed by atoms with E-state index in [1.807, 2.05) is 36.4 Å². The fourth-order valence-electron chi connectivity index (χ4n) is 3.36. The molecule has 0 radical (unpaired) electrons. The number of esters is 1. The van der Waals surface area contributed by atoms with Crippen LogP contribution in [0.5, 0.6) is 5.75 Å². The van der Waals surface area contributed by atoms with Crippen LogP contribution < -0.4 is 10.1 Å². The van der Waals surface area contributed by atoms with Gasteiger partial charge in [0.05, 0.1) is 25.8 Å². The van der Waals surface area contributed by atoms with Gasteiger partial charge in [-0.05, 0) is 68.7 Å². The van der Waals surface area contributed by atoms with Crippen molar-refractivity contribution in [2.24, 2.45) is 0 Å². The molecule has 0 aliphatic heterocycles. The second-order valence-electron chi connectivity index (χ2n) is 7.33. The molecule has 4 aromatic carbocycles. The second kappa shape index (κ2) is 10.7. The zero-order valence-electron chi connectivity index (χ0n) is 17.9. The third kappa shape index (κ3) is 5.55. The maximum atomic E-state index is 12.8. The highest BCUT2D eigenvalue weighted by Crippen LogP contribution is 2.31. The van der Waals surface area contributed by atoms with E-state index < -0.39 is 11.9 Å². The maximum absolute atomic E-state index is 12.8. The van der Waals surface area contributed by atoms with Gasteiger partial charge in [0.25, 0.3) is 5.91 Å². The van der Waals surface area contributed by atoms with Crippen LogP contribution in [0.3, 0.4) is 0 Å². The van der Waals surface area contributed by atoms with Gasteiger partial charge in [-0.2, -0.15) is 5.26 Å². The number of carbonyl (C=O) groups is 2. The highest BCUT2D eigenvalue weighted by Gasteiger charge is 2.16. The molecule has 0 heterocycles. The molecule has 35 heavy (non-hydrogen) atoms. The summed E-state index contributed by atoms with van der Waals surface area (Å²) >= 11 is 15.6. The van der Waals surface area contributed by atoms with Crippen LogP contribution in [-0.2, 0) is 4.79 Å². The summed E-state index contributed by atoms with van der Waals surface area (Å²) in [6.07, 6.45) is 1.40. The van der Waals surface area contributed by atoms with Gasteiger partial charge in [-0.15, -0.1) is 0 Å². The van der Waals surface area contributed by atoms with Crippen LogP contribution in [0.25, 0.3) is 16.8 Å². The van der Waals surface area contributed by atoms with E-state index in [-0.39, 0.29) is 21.3 Å². The fraction of sp³-hybridized carbons (Fsp3) is 0. The zero-order valence-corrected chi connectivity index (χ0v) is 21.0.